The molecule has 0 saturated carbocycles. The number of hydrogen-bond donors (Lipinski definition) is 0. The zero-order valence-corrected chi connectivity index (χ0v) is 8.29. The summed E-state index contributed by atoms with van der Waals surface area (Å²) in [5.41, 5.74) is -0.432. The summed E-state index contributed by atoms with van der Waals surface area (Å²) in [5, 5.41) is 27.9. The van der Waals surface area contributed by atoms with Gasteiger partial charge in [0.1, 0.15) is 10.3 Å². The van der Waals surface area contributed by atoms with Crippen LogP contribution in [-0.4, -0.2) is 15.3 Å². The van der Waals surface area contributed by atoms with Crippen LogP contribution in [0.3, 0.4) is 0 Å². The molecule has 0 aliphatic rings. The standard InChI is InChI=1S/C7H3ClN4O4/c8-4-2-1-3-5(6(4)12(14)15)11-9-7(13)16-10-11/h1-3H. The fraction of sp³-hybridized carbons (Fsp3) is 0. The van der Waals surface area contributed by atoms with Crippen molar-refractivity contribution >= 4 is 17.3 Å². The smallest absolute Gasteiger partial charge is 0.364 e. The van der Waals surface area contributed by atoms with Gasteiger partial charge in [0.2, 0.25) is 6.08 Å². The Kier molecular flexibility index (Phi) is 2.41. The van der Waals surface area contributed by atoms with Crippen LogP contribution in [0.15, 0.2) is 22.7 Å². The van der Waals surface area contributed by atoms with Gasteiger partial charge in [-0.2, -0.15) is 0 Å². The largest absolute Gasteiger partial charge is 0.523 e. The quantitative estimate of drug-likeness (QED) is 0.416. The third kappa shape index (κ3) is 1.65. The van der Waals surface area contributed by atoms with Gasteiger partial charge in [-0.3, -0.25) is 10.1 Å². The summed E-state index contributed by atoms with van der Waals surface area (Å²) >= 11 is 5.66. The number of rotatable bonds is 2. The molecular formula is C7H3ClN4O4. The Morgan fingerprint density at radius 1 is 1.50 bits per heavy atom. The number of benzene rings is 1. The molecule has 16 heavy (non-hydrogen) atoms. The van der Waals surface area contributed by atoms with Crippen LogP contribution in [0.5, 0.6) is 6.08 Å². The van der Waals surface area contributed by atoms with Crippen molar-refractivity contribution in [1.82, 2.24) is 10.4 Å². The van der Waals surface area contributed by atoms with E-state index in [4.69, 9.17) is 11.6 Å². The van der Waals surface area contributed by atoms with Crippen molar-refractivity contribution in [3.8, 4) is 11.8 Å². The molecule has 82 valence electrons. The van der Waals surface area contributed by atoms with Crippen LogP contribution in [-0.2, 0) is 0 Å². The maximum absolute atomic E-state index is 10.8. The first kappa shape index (κ1) is 10.3. The van der Waals surface area contributed by atoms with E-state index in [-0.39, 0.29) is 10.7 Å². The first-order chi connectivity index (χ1) is 7.59. The van der Waals surface area contributed by atoms with E-state index >= 15 is 0 Å². The van der Waals surface area contributed by atoms with E-state index in [0.717, 1.165) is 0 Å². The van der Waals surface area contributed by atoms with Gasteiger partial charge in [0.05, 0.1) is 14.8 Å². The Morgan fingerprint density at radius 2 is 2.25 bits per heavy atom. The minimum atomic E-state index is -0.950. The predicted molar refractivity (Wildman–Crippen MR) is 46.9 cm³/mol. The summed E-state index contributed by atoms with van der Waals surface area (Å²) in [7, 11) is 0. The Bertz CT molecular complexity index is 555. The fourth-order valence-electron chi connectivity index (χ4n) is 1.13. The Morgan fingerprint density at radius 3 is 2.81 bits per heavy atom. The van der Waals surface area contributed by atoms with Crippen LogP contribution < -0.4 is 9.90 Å². The average molecular weight is 243 g/mol. The van der Waals surface area contributed by atoms with Gasteiger partial charge in [-0.1, -0.05) is 17.7 Å². The summed E-state index contributed by atoms with van der Waals surface area (Å²) in [6, 6.07) is 4.17. The third-order valence-electron chi connectivity index (χ3n) is 1.74. The highest BCUT2D eigenvalue weighted by Crippen LogP contribution is 2.27. The van der Waals surface area contributed by atoms with E-state index in [2.05, 4.69) is 14.9 Å². The monoisotopic (exact) mass is 242 g/mol. The lowest BCUT2D eigenvalue weighted by atomic mass is 10.3. The van der Waals surface area contributed by atoms with E-state index in [9.17, 15) is 15.2 Å². The first-order valence-corrected chi connectivity index (χ1v) is 4.34. The second kappa shape index (κ2) is 3.74. The molecule has 2 aromatic rings. The zero-order valence-electron chi connectivity index (χ0n) is 7.53. The normalized spacial score (nSPS) is 10.3. The van der Waals surface area contributed by atoms with Gasteiger partial charge < -0.3 is 9.63 Å². The highest BCUT2D eigenvalue weighted by molar-refractivity contribution is 6.32. The third-order valence-corrected chi connectivity index (χ3v) is 2.04. The fourth-order valence-corrected chi connectivity index (χ4v) is 1.37. The Hall–Kier alpha value is -2.22. The zero-order chi connectivity index (χ0) is 11.7. The van der Waals surface area contributed by atoms with Crippen LogP contribution in [0.25, 0.3) is 5.69 Å². The molecule has 0 aliphatic carbocycles. The lowest BCUT2D eigenvalue weighted by Gasteiger charge is -1.93. The number of aromatic nitrogens is 3. The van der Waals surface area contributed by atoms with Gasteiger partial charge in [0.25, 0.3) is 0 Å². The second-order valence-corrected chi connectivity index (χ2v) is 3.10. The predicted octanol–water partition coefficient (Wildman–Crippen LogP) is -0.0185. The molecule has 1 aromatic heterocycles. The molecule has 1 aromatic carbocycles. The number of hydrogen-bond acceptors (Lipinski definition) is 6. The topological polar surface area (TPSA) is 109 Å². The number of para-hydroxylation sites is 1. The number of nitro groups is 1. The molecule has 0 amide bonds. The summed E-state index contributed by atoms with van der Waals surface area (Å²) in [4.78, 5) is 10.8. The minimum Gasteiger partial charge on any atom is -0.523 e. The van der Waals surface area contributed by atoms with Gasteiger partial charge in [-0.25, -0.2) is 0 Å². The van der Waals surface area contributed by atoms with Gasteiger partial charge in [0.15, 0.2) is 0 Å². The van der Waals surface area contributed by atoms with Crippen molar-refractivity contribution in [2.24, 2.45) is 0 Å². The maximum Gasteiger partial charge on any atom is 0.364 e. The molecule has 9 heteroatoms. The number of halogens is 1. The maximum atomic E-state index is 10.8. The molecule has 8 nitrogen and oxygen atoms in total. The molecule has 0 radical (unpaired) electrons. The number of nitro benzene ring substituents is 1. The van der Waals surface area contributed by atoms with E-state index in [1.54, 1.807) is 0 Å². The average Bonchev–Trinajstić information content (AvgIpc) is 2.63. The Balaban J connectivity index is 2.65. The lowest BCUT2D eigenvalue weighted by Crippen LogP contribution is -2.36. The van der Waals surface area contributed by atoms with E-state index in [1.165, 1.54) is 18.2 Å². The van der Waals surface area contributed by atoms with Crippen molar-refractivity contribution in [3.05, 3.63) is 33.3 Å². The summed E-state index contributed by atoms with van der Waals surface area (Å²) in [6.45, 7) is 0. The summed E-state index contributed by atoms with van der Waals surface area (Å²) in [6.07, 6.45) is -0.950. The van der Waals surface area contributed by atoms with Gasteiger partial charge in [-0.05, 0) is 6.07 Å². The van der Waals surface area contributed by atoms with Crippen LogP contribution >= 0.6 is 11.6 Å². The molecule has 0 fully saturated rings. The van der Waals surface area contributed by atoms with Gasteiger partial charge >= 0.3 is 11.4 Å². The van der Waals surface area contributed by atoms with E-state index in [1.807, 2.05) is 0 Å². The van der Waals surface area contributed by atoms with Crippen LogP contribution in [0.1, 0.15) is 0 Å². The first-order valence-electron chi connectivity index (χ1n) is 3.96. The Labute approximate surface area is 92.8 Å². The highest BCUT2D eigenvalue weighted by Gasteiger charge is 2.29. The molecule has 0 atom stereocenters. The molecule has 0 spiro atoms. The van der Waals surface area contributed by atoms with Gasteiger partial charge in [0, 0.05) is 6.07 Å². The van der Waals surface area contributed by atoms with Crippen molar-refractivity contribution in [2.75, 3.05) is 0 Å². The van der Waals surface area contributed by atoms with Crippen LogP contribution in [0.4, 0.5) is 5.69 Å². The summed E-state index contributed by atoms with van der Waals surface area (Å²) in [5.74, 6) is 0. The highest BCUT2D eigenvalue weighted by atomic mass is 35.5. The van der Waals surface area contributed by atoms with Crippen molar-refractivity contribution in [1.29, 1.82) is 0 Å². The molecular weight excluding hydrogens is 240 g/mol. The SMILES string of the molecule is O=[N+]([O-])c1c(Cl)cccc1-[n+]1noc([O-])n1. The van der Waals surface area contributed by atoms with Crippen molar-refractivity contribution in [3.63, 3.8) is 0 Å². The van der Waals surface area contributed by atoms with Crippen molar-refractivity contribution in [2.45, 2.75) is 0 Å². The van der Waals surface area contributed by atoms with Crippen LogP contribution in [0, 0.1) is 10.1 Å². The van der Waals surface area contributed by atoms with E-state index < -0.39 is 16.7 Å². The molecule has 1 heterocycles. The minimum absolute atomic E-state index is 0.0386. The molecule has 0 unspecified atom stereocenters. The molecule has 2 rings (SSSR count). The second-order valence-electron chi connectivity index (χ2n) is 2.69. The van der Waals surface area contributed by atoms with Gasteiger partial charge in [-0.15, -0.1) is 0 Å². The van der Waals surface area contributed by atoms with E-state index in [0.29, 0.717) is 4.80 Å². The van der Waals surface area contributed by atoms with Crippen molar-refractivity contribution < 1.29 is 19.3 Å². The lowest BCUT2D eigenvalue weighted by molar-refractivity contribution is -0.728. The summed E-state index contributed by atoms with van der Waals surface area (Å²) < 4.78 is 4.17. The molecule has 0 N–H and O–H groups in total. The molecule has 0 bridgehead atoms. The molecule has 0 aliphatic heterocycles. The van der Waals surface area contributed by atoms with Crippen LogP contribution in [0.2, 0.25) is 5.02 Å². The number of nitrogens with zero attached hydrogens (tertiary/aromatic N) is 4. The molecule has 0 saturated heterocycles.